The third-order valence-electron chi connectivity index (χ3n) is 6.81. The molecular formula is C24H30N2O4. The Morgan fingerprint density at radius 1 is 1.00 bits per heavy atom. The third kappa shape index (κ3) is 3.87. The van der Waals surface area contributed by atoms with Crippen LogP contribution in [0.1, 0.15) is 74.2 Å². The molecule has 2 unspecified atom stereocenters. The first-order valence-corrected chi connectivity index (χ1v) is 11.0. The standard InChI is InChI=1S/C24H30N2O4/c1-15(27)16-8-10-17(11-9-16)20-14-19-12-13-21(22(20)23(28)30-2)26(19)24(29)25-18-6-4-3-5-7-18/h8-11,18-19,21H,3-7,12-14H2,1-2H3,(H,25,29). The number of carbonyl (C=O) groups is 3. The number of carbonyl (C=O) groups excluding carboxylic acids is 3. The van der Waals surface area contributed by atoms with Gasteiger partial charge in [0.15, 0.2) is 5.78 Å². The van der Waals surface area contributed by atoms with Crippen molar-refractivity contribution in [2.24, 2.45) is 0 Å². The van der Waals surface area contributed by atoms with Crippen LogP contribution in [0, 0.1) is 0 Å². The van der Waals surface area contributed by atoms with E-state index in [-0.39, 0.29) is 35.9 Å². The number of nitrogens with one attached hydrogen (secondary N) is 1. The zero-order chi connectivity index (χ0) is 21.3. The van der Waals surface area contributed by atoms with Crippen molar-refractivity contribution in [1.29, 1.82) is 0 Å². The molecule has 1 saturated heterocycles. The van der Waals surface area contributed by atoms with Crippen molar-refractivity contribution in [1.82, 2.24) is 10.2 Å². The number of Topliss-reactive ketones (excluding diaryl/α,β-unsaturated/α-hetero) is 1. The molecule has 0 aromatic heterocycles. The number of nitrogens with zero attached hydrogens (tertiary/aromatic N) is 1. The summed E-state index contributed by atoms with van der Waals surface area (Å²) in [6, 6.07) is 7.38. The molecular weight excluding hydrogens is 380 g/mol. The van der Waals surface area contributed by atoms with Crippen LogP contribution in [0.3, 0.4) is 0 Å². The average Bonchev–Trinajstić information content (AvgIpc) is 3.07. The van der Waals surface area contributed by atoms with Gasteiger partial charge in [-0.05, 0) is 50.2 Å². The Morgan fingerprint density at radius 2 is 1.70 bits per heavy atom. The van der Waals surface area contributed by atoms with E-state index in [2.05, 4.69) is 5.32 Å². The lowest BCUT2D eigenvalue weighted by Crippen LogP contribution is -2.53. The maximum absolute atomic E-state index is 13.1. The van der Waals surface area contributed by atoms with Crippen molar-refractivity contribution in [2.75, 3.05) is 7.11 Å². The van der Waals surface area contributed by atoms with E-state index in [1.807, 2.05) is 17.0 Å². The van der Waals surface area contributed by atoms with Crippen molar-refractivity contribution in [2.45, 2.75) is 76.4 Å². The number of fused-ring (bicyclic) bond motifs is 2. The molecule has 0 radical (unpaired) electrons. The van der Waals surface area contributed by atoms with Crippen LogP contribution < -0.4 is 5.32 Å². The monoisotopic (exact) mass is 410 g/mol. The summed E-state index contributed by atoms with van der Waals surface area (Å²) in [5.74, 6) is -0.362. The van der Waals surface area contributed by atoms with Gasteiger partial charge in [-0.1, -0.05) is 43.5 Å². The zero-order valence-corrected chi connectivity index (χ0v) is 17.8. The van der Waals surface area contributed by atoms with Crippen LogP contribution in [-0.4, -0.2) is 47.9 Å². The molecule has 1 aliphatic carbocycles. The van der Waals surface area contributed by atoms with E-state index in [9.17, 15) is 14.4 Å². The van der Waals surface area contributed by atoms with Crippen LogP contribution in [-0.2, 0) is 9.53 Å². The van der Waals surface area contributed by atoms with Crippen molar-refractivity contribution >= 4 is 23.4 Å². The highest BCUT2D eigenvalue weighted by Crippen LogP contribution is 2.43. The van der Waals surface area contributed by atoms with E-state index in [0.29, 0.717) is 17.6 Å². The van der Waals surface area contributed by atoms with Crippen molar-refractivity contribution in [3.05, 3.63) is 41.0 Å². The Bertz CT molecular complexity index is 868. The molecule has 2 amide bonds. The number of rotatable bonds is 4. The summed E-state index contributed by atoms with van der Waals surface area (Å²) < 4.78 is 5.12. The van der Waals surface area contributed by atoms with E-state index in [1.165, 1.54) is 20.5 Å². The van der Waals surface area contributed by atoms with Crippen LogP contribution in [0.25, 0.3) is 5.57 Å². The summed E-state index contributed by atoms with van der Waals surface area (Å²) in [5, 5.41) is 3.22. The van der Waals surface area contributed by atoms with Gasteiger partial charge in [-0.25, -0.2) is 9.59 Å². The van der Waals surface area contributed by atoms with Gasteiger partial charge in [0.05, 0.1) is 18.7 Å². The van der Waals surface area contributed by atoms with E-state index >= 15 is 0 Å². The largest absolute Gasteiger partial charge is 0.466 e. The minimum atomic E-state index is -0.374. The van der Waals surface area contributed by atoms with Crippen molar-refractivity contribution in [3.63, 3.8) is 0 Å². The summed E-state index contributed by atoms with van der Waals surface area (Å²) in [4.78, 5) is 39.4. The minimum absolute atomic E-state index is 0.0120. The lowest BCUT2D eigenvalue weighted by molar-refractivity contribution is -0.136. The van der Waals surface area contributed by atoms with Crippen LogP contribution in [0.5, 0.6) is 0 Å². The van der Waals surface area contributed by atoms with Crippen molar-refractivity contribution < 1.29 is 19.1 Å². The quantitative estimate of drug-likeness (QED) is 0.599. The van der Waals surface area contributed by atoms with Crippen LogP contribution in [0.2, 0.25) is 0 Å². The molecule has 2 bridgehead atoms. The van der Waals surface area contributed by atoms with Gasteiger partial charge in [-0.3, -0.25) is 4.79 Å². The van der Waals surface area contributed by atoms with E-state index < -0.39 is 0 Å². The fourth-order valence-corrected chi connectivity index (χ4v) is 5.27. The summed E-state index contributed by atoms with van der Waals surface area (Å²) in [6.07, 6.45) is 7.88. The molecule has 2 aliphatic heterocycles. The highest BCUT2D eigenvalue weighted by molar-refractivity contribution is 6.01. The predicted octanol–water partition coefficient (Wildman–Crippen LogP) is 4.09. The zero-order valence-electron chi connectivity index (χ0n) is 17.8. The van der Waals surface area contributed by atoms with Gasteiger partial charge in [0.2, 0.25) is 0 Å². The van der Waals surface area contributed by atoms with Gasteiger partial charge >= 0.3 is 12.0 Å². The molecule has 2 heterocycles. The molecule has 1 aromatic carbocycles. The van der Waals surface area contributed by atoms with Crippen LogP contribution in [0.4, 0.5) is 4.79 Å². The molecule has 6 heteroatoms. The molecule has 2 fully saturated rings. The lowest BCUT2D eigenvalue weighted by atomic mass is 9.88. The number of hydrogen-bond acceptors (Lipinski definition) is 4. The summed E-state index contributed by atoms with van der Waals surface area (Å²) in [5.41, 5.74) is 3.09. The lowest BCUT2D eigenvalue weighted by Gasteiger charge is -2.38. The number of methoxy groups -OCH3 is 1. The topological polar surface area (TPSA) is 75.7 Å². The molecule has 3 aliphatic rings. The van der Waals surface area contributed by atoms with Gasteiger partial charge in [-0.15, -0.1) is 0 Å². The fraction of sp³-hybridized carbons (Fsp3) is 0.542. The molecule has 160 valence electrons. The second-order valence-corrected chi connectivity index (χ2v) is 8.66. The average molecular weight is 411 g/mol. The normalized spacial score (nSPS) is 24.0. The molecule has 4 rings (SSSR count). The van der Waals surface area contributed by atoms with Crippen LogP contribution >= 0.6 is 0 Å². The number of ketones is 1. The van der Waals surface area contributed by atoms with Gasteiger partial charge in [-0.2, -0.15) is 0 Å². The predicted molar refractivity (Wildman–Crippen MR) is 114 cm³/mol. The Labute approximate surface area is 177 Å². The van der Waals surface area contributed by atoms with E-state index in [1.54, 1.807) is 12.1 Å². The Morgan fingerprint density at radius 3 is 2.33 bits per heavy atom. The first-order valence-electron chi connectivity index (χ1n) is 11.0. The van der Waals surface area contributed by atoms with Gasteiger partial charge in [0, 0.05) is 17.6 Å². The summed E-state index contributed by atoms with van der Waals surface area (Å²) >= 11 is 0. The van der Waals surface area contributed by atoms with Crippen molar-refractivity contribution in [3.8, 4) is 0 Å². The maximum atomic E-state index is 13.1. The number of benzene rings is 1. The first kappa shape index (κ1) is 20.6. The summed E-state index contributed by atoms with van der Waals surface area (Å²) in [6.45, 7) is 1.54. The Kier molecular flexibility index (Phi) is 5.93. The van der Waals surface area contributed by atoms with Gasteiger partial charge < -0.3 is 15.0 Å². The molecule has 6 nitrogen and oxygen atoms in total. The number of urea groups is 1. The molecule has 0 spiro atoms. The molecule has 1 aromatic rings. The van der Waals surface area contributed by atoms with Gasteiger partial charge in [0.25, 0.3) is 0 Å². The number of hydrogen-bond donors (Lipinski definition) is 1. The number of amides is 2. The molecule has 2 atom stereocenters. The molecule has 30 heavy (non-hydrogen) atoms. The van der Waals surface area contributed by atoms with E-state index in [0.717, 1.165) is 49.7 Å². The molecule has 1 N–H and O–H groups in total. The second kappa shape index (κ2) is 8.62. The second-order valence-electron chi connectivity index (χ2n) is 8.66. The maximum Gasteiger partial charge on any atom is 0.336 e. The smallest absolute Gasteiger partial charge is 0.336 e. The SMILES string of the molecule is COC(=O)C1=C(c2ccc(C(C)=O)cc2)CC2CCC1N2C(=O)NC1CCCCC1. The Hall–Kier alpha value is -2.63. The first-order chi connectivity index (χ1) is 14.5. The van der Waals surface area contributed by atoms with Crippen LogP contribution in [0.15, 0.2) is 29.8 Å². The molecule has 1 saturated carbocycles. The van der Waals surface area contributed by atoms with Gasteiger partial charge in [0.1, 0.15) is 0 Å². The summed E-state index contributed by atoms with van der Waals surface area (Å²) in [7, 11) is 1.39. The number of ether oxygens (including phenoxy) is 1. The third-order valence-corrected chi connectivity index (χ3v) is 6.81. The Balaban J connectivity index is 1.63. The fourth-order valence-electron chi connectivity index (χ4n) is 5.27. The highest BCUT2D eigenvalue weighted by Gasteiger charge is 2.46. The minimum Gasteiger partial charge on any atom is -0.466 e. The van der Waals surface area contributed by atoms with E-state index in [4.69, 9.17) is 4.74 Å². The highest BCUT2D eigenvalue weighted by atomic mass is 16.5. The number of esters is 1.